The van der Waals surface area contributed by atoms with Crippen LogP contribution in [0.4, 0.5) is 0 Å². The van der Waals surface area contributed by atoms with E-state index in [1.54, 1.807) is 11.8 Å². The van der Waals surface area contributed by atoms with Gasteiger partial charge in [0, 0.05) is 6.04 Å². The number of nitrogens with one attached hydrogen (secondary N) is 1. The van der Waals surface area contributed by atoms with Crippen molar-refractivity contribution in [3.63, 3.8) is 0 Å². The van der Waals surface area contributed by atoms with Gasteiger partial charge in [0.1, 0.15) is 5.82 Å². The van der Waals surface area contributed by atoms with E-state index in [-0.39, 0.29) is 0 Å². The van der Waals surface area contributed by atoms with Gasteiger partial charge < -0.3 is 5.73 Å². The van der Waals surface area contributed by atoms with Crippen LogP contribution in [-0.2, 0) is 0 Å². The summed E-state index contributed by atoms with van der Waals surface area (Å²) >= 11 is 1.60. The zero-order valence-electron chi connectivity index (χ0n) is 10.0. The number of allylic oxidation sites excluding steroid dienone is 1. The number of rotatable bonds is 2. The number of hydrogen-bond donors (Lipinski definition) is 2. The highest BCUT2D eigenvalue weighted by atomic mass is 32.2. The maximum absolute atomic E-state index is 6.07. The summed E-state index contributed by atoms with van der Waals surface area (Å²) in [6.07, 6.45) is 2.00. The fourth-order valence-electron chi connectivity index (χ4n) is 1.40. The fraction of sp³-hybridized carbons (Fsp3) is 0.700. The van der Waals surface area contributed by atoms with Gasteiger partial charge in [-0.2, -0.15) is 0 Å². The molecule has 0 bridgehead atoms. The molecule has 0 atom stereocenters. The molecular weight excluding hydrogens is 208 g/mol. The van der Waals surface area contributed by atoms with E-state index in [4.69, 9.17) is 5.73 Å². The van der Waals surface area contributed by atoms with Gasteiger partial charge in [-0.1, -0.05) is 25.6 Å². The number of nitrogens with zero attached hydrogens (tertiary/aromatic N) is 2. The lowest BCUT2D eigenvalue weighted by Crippen LogP contribution is -2.49. The number of amidine groups is 1. The van der Waals surface area contributed by atoms with Crippen molar-refractivity contribution in [2.24, 2.45) is 16.6 Å². The van der Waals surface area contributed by atoms with E-state index in [2.05, 4.69) is 38.1 Å². The molecule has 0 aromatic carbocycles. The van der Waals surface area contributed by atoms with Crippen molar-refractivity contribution in [2.75, 3.05) is 6.26 Å². The Bertz CT molecular complexity index is 294. The summed E-state index contributed by atoms with van der Waals surface area (Å²) in [5, 5.41) is 2.87. The summed E-state index contributed by atoms with van der Waals surface area (Å²) in [5.41, 5.74) is 10.2. The predicted octanol–water partition coefficient (Wildman–Crippen LogP) is 1.72. The average Bonchev–Trinajstić information content (AvgIpc) is 2.17. The van der Waals surface area contributed by atoms with Crippen molar-refractivity contribution in [2.45, 2.75) is 33.7 Å². The number of thioether (sulfide) groups is 1. The Kier molecular flexibility index (Phi) is 3.90. The number of nitrogens with two attached hydrogens (primary N) is 1. The third kappa shape index (κ3) is 2.59. The summed E-state index contributed by atoms with van der Waals surface area (Å²) in [5.74, 6) is 1.08. The topological polar surface area (TPSA) is 53.6 Å². The maximum Gasteiger partial charge on any atom is 0.180 e. The standard InChI is InChI=1S/C10H20N4S/c1-6(2)8-9(11)14(7(3)4)13-10(12-8)15-5/h6-7H,11H2,1-5H3,(H,12,13). The molecule has 0 unspecified atom stereocenters. The van der Waals surface area contributed by atoms with Gasteiger partial charge in [0.2, 0.25) is 0 Å². The molecule has 4 nitrogen and oxygen atoms in total. The van der Waals surface area contributed by atoms with Crippen molar-refractivity contribution >= 4 is 16.9 Å². The Hall–Kier alpha value is -0.840. The minimum Gasteiger partial charge on any atom is -0.382 e. The maximum atomic E-state index is 6.07. The lowest BCUT2D eigenvalue weighted by Gasteiger charge is -2.34. The summed E-state index contributed by atoms with van der Waals surface area (Å²) in [7, 11) is 0. The van der Waals surface area contributed by atoms with Gasteiger partial charge in [-0.25, -0.2) is 4.99 Å². The first kappa shape index (κ1) is 12.2. The highest BCUT2D eigenvalue weighted by molar-refractivity contribution is 8.13. The molecule has 1 aliphatic heterocycles. The second-order valence-electron chi connectivity index (χ2n) is 4.12. The number of hydrazine groups is 1. The molecule has 0 aliphatic carbocycles. The molecule has 0 amide bonds. The highest BCUT2D eigenvalue weighted by Gasteiger charge is 2.22. The Morgan fingerprint density at radius 2 is 1.93 bits per heavy atom. The van der Waals surface area contributed by atoms with Gasteiger partial charge in [-0.15, -0.1) is 0 Å². The lowest BCUT2D eigenvalue weighted by atomic mass is 10.1. The first-order chi connectivity index (χ1) is 6.97. The van der Waals surface area contributed by atoms with E-state index in [0.29, 0.717) is 12.0 Å². The van der Waals surface area contributed by atoms with Gasteiger partial charge in [0.05, 0.1) is 5.70 Å². The minimum atomic E-state index is 0.316. The Morgan fingerprint density at radius 3 is 2.33 bits per heavy atom. The molecule has 0 fully saturated rings. The lowest BCUT2D eigenvalue weighted by molar-refractivity contribution is 0.233. The van der Waals surface area contributed by atoms with E-state index < -0.39 is 0 Å². The summed E-state index contributed by atoms with van der Waals surface area (Å²) in [4.78, 5) is 4.49. The van der Waals surface area contributed by atoms with Crippen LogP contribution in [0.3, 0.4) is 0 Å². The van der Waals surface area contributed by atoms with Crippen molar-refractivity contribution < 1.29 is 0 Å². The zero-order valence-corrected chi connectivity index (χ0v) is 10.9. The molecule has 15 heavy (non-hydrogen) atoms. The van der Waals surface area contributed by atoms with Crippen LogP contribution in [0.25, 0.3) is 0 Å². The molecule has 0 spiro atoms. The average molecular weight is 228 g/mol. The normalized spacial score (nSPS) is 17.3. The van der Waals surface area contributed by atoms with E-state index in [0.717, 1.165) is 16.7 Å². The largest absolute Gasteiger partial charge is 0.382 e. The van der Waals surface area contributed by atoms with Crippen LogP contribution < -0.4 is 11.2 Å². The molecule has 1 aliphatic rings. The molecule has 0 aromatic heterocycles. The molecule has 86 valence electrons. The molecular formula is C10H20N4S. The molecule has 5 heteroatoms. The quantitative estimate of drug-likeness (QED) is 0.755. The first-order valence-corrected chi connectivity index (χ1v) is 6.38. The second kappa shape index (κ2) is 4.79. The third-order valence-corrected chi connectivity index (χ3v) is 2.79. The van der Waals surface area contributed by atoms with Crippen LogP contribution in [0.15, 0.2) is 16.5 Å². The smallest absolute Gasteiger partial charge is 0.180 e. The van der Waals surface area contributed by atoms with Crippen molar-refractivity contribution in [1.82, 2.24) is 10.4 Å². The van der Waals surface area contributed by atoms with E-state index in [1.165, 1.54) is 0 Å². The Morgan fingerprint density at radius 1 is 1.33 bits per heavy atom. The first-order valence-electron chi connectivity index (χ1n) is 5.15. The second-order valence-corrected chi connectivity index (χ2v) is 4.92. The molecule has 1 heterocycles. The van der Waals surface area contributed by atoms with Crippen molar-refractivity contribution in [1.29, 1.82) is 0 Å². The van der Waals surface area contributed by atoms with E-state index >= 15 is 0 Å². The Labute approximate surface area is 96.0 Å². The van der Waals surface area contributed by atoms with Crippen LogP contribution in [0.1, 0.15) is 27.7 Å². The minimum absolute atomic E-state index is 0.316. The summed E-state index contributed by atoms with van der Waals surface area (Å²) < 4.78 is 0. The monoisotopic (exact) mass is 228 g/mol. The van der Waals surface area contributed by atoms with E-state index in [9.17, 15) is 0 Å². The summed E-state index contributed by atoms with van der Waals surface area (Å²) in [6.45, 7) is 8.41. The van der Waals surface area contributed by atoms with Crippen LogP contribution in [-0.4, -0.2) is 22.5 Å². The van der Waals surface area contributed by atoms with Crippen LogP contribution >= 0.6 is 11.8 Å². The Balaban J connectivity index is 3.05. The van der Waals surface area contributed by atoms with E-state index in [1.807, 2.05) is 11.3 Å². The molecule has 0 saturated carbocycles. The third-order valence-electron chi connectivity index (χ3n) is 2.22. The van der Waals surface area contributed by atoms with Gasteiger partial charge in [-0.3, -0.25) is 10.4 Å². The van der Waals surface area contributed by atoms with Crippen molar-refractivity contribution in [3.05, 3.63) is 11.5 Å². The van der Waals surface area contributed by atoms with Gasteiger partial charge in [0.25, 0.3) is 0 Å². The summed E-state index contributed by atoms with van der Waals surface area (Å²) in [6, 6.07) is 0.316. The SMILES string of the molecule is CSC1=NC(C(C)C)=C(N)N(C(C)C)N1. The fourth-order valence-corrected chi connectivity index (χ4v) is 1.78. The highest BCUT2D eigenvalue weighted by Crippen LogP contribution is 2.22. The zero-order chi connectivity index (χ0) is 11.6. The molecule has 0 aromatic rings. The van der Waals surface area contributed by atoms with Crippen LogP contribution in [0.2, 0.25) is 0 Å². The van der Waals surface area contributed by atoms with Crippen molar-refractivity contribution in [3.8, 4) is 0 Å². The molecule has 0 saturated heterocycles. The molecule has 1 rings (SSSR count). The van der Waals surface area contributed by atoms with Gasteiger partial charge in [-0.05, 0) is 26.0 Å². The van der Waals surface area contributed by atoms with Crippen LogP contribution in [0.5, 0.6) is 0 Å². The van der Waals surface area contributed by atoms with Gasteiger partial charge in [0.15, 0.2) is 5.17 Å². The van der Waals surface area contributed by atoms with Gasteiger partial charge >= 0.3 is 0 Å². The predicted molar refractivity (Wildman–Crippen MR) is 67.1 cm³/mol. The number of hydrogen-bond acceptors (Lipinski definition) is 5. The molecule has 3 N–H and O–H groups in total. The number of aliphatic imine (C=N–C) groups is 1. The van der Waals surface area contributed by atoms with Crippen LogP contribution in [0, 0.1) is 5.92 Å². The molecule has 0 radical (unpaired) electrons.